The number of hydrogen-bond donors (Lipinski definition) is 2. The van der Waals surface area contributed by atoms with Crippen molar-refractivity contribution in [3.05, 3.63) is 64.7 Å². The Labute approximate surface area is 171 Å². The maximum Gasteiger partial charge on any atom is 0.224 e. The highest BCUT2D eigenvalue weighted by molar-refractivity contribution is 6.31. The van der Waals surface area contributed by atoms with E-state index in [4.69, 9.17) is 22.1 Å². The number of methoxy groups -OCH3 is 1. The Bertz CT molecular complexity index is 769. The second-order valence-corrected chi connectivity index (χ2v) is 7.15. The smallest absolute Gasteiger partial charge is 0.224 e. The number of para-hydroxylation sites is 1. The lowest BCUT2D eigenvalue weighted by Crippen LogP contribution is -2.38. The van der Waals surface area contributed by atoms with Crippen molar-refractivity contribution in [3.63, 3.8) is 0 Å². The molecule has 4 nitrogen and oxygen atoms in total. The first kappa shape index (κ1) is 21.5. The molecule has 0 aliphatic heterocycles. The van der Waals surface area contributed by atoms with E-state index in [0.29, 0.717) is 11.6 Å². The first-order valence-electron chi connectivity index (χ1n) is 9.03. The van der Waals surface area contributed by atoms with Gasteiger partial charge in [0, 0.05) is 16.5 Å². The monoisotopic (exact) mass is 408 g/mol. The largest absolute Gasteiger partial charge is 0.496 e. The fourth-order valence-corrected chi connectivity index (χ4v) is 4.10. The van der Waals surface area contributed by atoms with Gasteiger partial charge in [-0.05, 0) is 43.0 Å². The van der Waals surface area contributed by atoms with E-state index in [2.05, 4.69) is 5.32 Å². The predicted octanol–water partition coefficient (Wildman–Crippen LogP) is 4.35. The van der Waals surface area contributed by atoms with Gasteiger partial charge in [-0.2, -0.15) is 0 Å². The highest BCUT2D eigenvalue weighted by Gasteiger charge is 2.34. The van der Waals surface area contributed by atoms with Gasteiger partial charge in [0.15, 0.2) is 0 Å². The van der Waals surface area contributed by atoms with Crippen LogP contribution >= 0.6 is 24.0 Å². The number of halogens is 2. The number of benzene rings is 2. The summed E-state index contributed by atoms with van der Waals surface area (Å²) in [5.74, 6) is 0.965. The molecule has 3 rings (SSSR count). The summed E-state index contributed by atoms with van der Waals surface area (Å²) in [6.45, 7) is 0.545. The third-order valence-electron chi connectivity index (χ3n) is 5.25. The Hall–Kier alpha value is -1.75. The zero-order chi connectivity index (χ0) is 18.5. The molecule has 0 radical (unpaired) electrons. The number of amides is 1. The Kier molecular flexibility index (Phi) is 7.96. The Morgan fingerprint density at radius 1 is 1.19 bits per heavy atom. The van der Waals surface area contributed by atoms with Crippen molar-refractivity contribution in [3.8, 4) is 5.75 Å². The molecule has 3 atom stereocenters. The molecule has 1 aliphatic rings. The molecule has 2 aromatic carbocycles. The quantitative estimate of drug-likeness (QED) is 0.746. The molecule has 6 heteroatoms. The van der Waals surface area contributed by atoms with Crippen molar-refractivity contribution in [1.82, 2.24) is 5.32 Å². The lowest BCUT2D eigenvalue weighted by Gasteiger charge is -2.26. The van der Waals surface area contributed by atoms with Crippen LogP contribution in [0.15, 0.2) is 48.5 Å². The van der Waals surface area contributed by atoms with E-state index in [1.807, 2.05) is 48.5 Å². The summed E-state index contributed by atoms with van der Waals surface area (Å²) >= 11 is 6.45. The average molecular weight is 409 g/mol. The van der Waals surface area contributed by atoms with Crippen molar-refractivity contribution < 1.29 is 9.53 Å². The van der Waals surface area contributed by atoms with Crippen molar-refractivity contribution in [2.75, 3.05) is 13.7 Å². The third kappa shape index (κ3) is 4.75. The molecule has 0 spiro atoms. The molecule has 146 valence electrons. The fraction of sp³-hybridized carbons (Fsp3) is 0.381. The number of rotatable bonds is 6. The number of carbonyl (C=O) groups excluding carboxylic acids is 1. The van der Waals surface area contributed by atoms with Gasteiger partial charge in [-0.3, -0.25) is 4.79 Å². The molecule has 3 N–H and O–H groups in total. The van der Waals surface area contributed by atoms with E-state index in [1.54, 1.807) is 7.11 Å². The second kappa shape index (κ2) is 9.98. The van der Waals surface area contributed by atoms with Crippen LogP contribution in [0.1, 0.15) is 36.4 Å². The zero-order valence-electron chi connectivity index (χ0n) is 15.4. The van der Waals surface area contributed by atoms with Gasteiger partial charge in [-0.15, -0.1) is 12.4 Å². The third-order valence-corrected chi connectivity index (χ3v) is 5.60. The van der Waals surface area contributed by atoms with E-state index in [1.165, 1.54) is 0 Å². The van der Waals surface area contributed by atoms with Gasteiger partial charge in [-0.1, -0.05) is 54.4 Å². The normalized spacial score (nSPS) is 19.8. The highest BCUT2D eigenvalue weighted by Crippen LogP contribution is 2.36. The number of carbonyl (C=O) groups is 1. The molecule has 0 aromatic heterocycles. The minimum absolute atomic E-state index is 0. The Balaban J connectivity index is 0.00000261. The maximum atomic E-state index is 13.0. The van der Waals surface area contributed by atoms with Gasteiger partial charge in [0.1, 0.15) is 5.75 Å². The molecule has 1 saturated carbocycles. The van der Waals surface area contributed by atoms with Gasteiger partial charge < -0.3 is 15.8 Å². The molecule has 2 aromatic rings. The van der Waals surface area contributed by atoms with Crippen molar-refractivity contribution >= 4 is 29.9 Å². The molecule has 0 saturated heterocycles. The SMILES string of the molecule is COc1ccccc1C(NC(=O)[C@@H]1CCC[C@@H]1CN)c1ccccc1Cl.Cl. The molecule has 1 aliphatic carbocycles. The van der Waals surface area contributed by atoms with Crippen LogP contribution in [-0.4, -0.2) is 19.6 Å². The Morgan fingerprint density at radius 2 is 1.85 bits per heavy atom. The zero-order valence-corrected chi connectivity index (χ0v) is 16.9. The van der Waals surface area contributed by atoms with E-state index < -0.39 is 0 Å². The van der Waals surface area contributed by atoms with Crippen LogP contribution in [0.3, 0.4) is 0 Å². The molecule has 0 bridgehead atoms. The summed E-state index contributed by atoms with van der Waals surface area (Å²) in [5, 5.41) is 3.83. The highest BCUT2D eigenvalue weighted by atomic mass is 35.5. The standard InChI is InChI=1S/C21H25ClN2O2.ClH/c1-26-19-12-5-3-9-17(19)20(16-8-2-4-11-18(16)22)24-21(25)15-10-6-7-14(15)13-23;/h2-5,8-9,11-12,14-15,20H,6-7,10,13,23H2,1H3,(H,24,25);1H/t14-,15-,20?;/m1./s1. The lowest BCUT2D eigenvalue weighted by atomic mass is 9.92. The van der Waals surface area contributed by atoms with Gasteiger partial charge in [0.05, 0.1) is 13.2 Å². The summed E-state index contributed by atoms with van der Waals surface area (Å²) in [4.78, 5) is 13.0. The van der Waals surface area contributed by atoms with Gasteiger partial charge in [0.2, 0.25) is 5.91 Å². The van der Waals surface area contributed by atoms with Crippen LogP contribution in [0, 0.1) is 11.8 Å². The second-order valence-electron chi connectivity index (χ2n) is 6.74. The minimum Gasteiger partial charge on any atom is -0.496 e. The summed E-state index contributed by atoms with van der Waals surface area (Å²) in [6.07, 6.45) is 2.94. The van der Waals surface area contributed by atoms with E-state index in [-0.39, 0.29) is 36.2 Å². The predicted molar refractivity (Wildman–Crippen MR) is 112 cm³/mol. The van der Waals surface area contributed by atoms with Crippen molar-refractivity contribution in [2.45, 2.75) is 25.3 Å². The number of nitrogens with two attached hydrogens (primary N) is 1. The summed E-state index contributed by atoms with van der Waals surface area (Å²) < 4.78 is 5.52. The van der Waals surface area contributed by atoms with Crippen LogP contribution in [-0.2, 0) is 4.79 Å². The van der Waals surface area contributed by atoms with Gasteiger partial charge >= 0.3 is 0 Å². The Morgan fingerprint density at radius 3 is 2.52 bits per heavy atom. The molecular weight excluding hydrogens is 383 g/mol. The first-order chi connectivity index (χ1) is 12.7. The molecule has 27 heavy (non-hydrogen) atoms. The molecular formula is C21H26Cl2N2O2. The van der Waals surface area contributed by atoms with Crippen LogP contribution in [0.4, 0.5) is 0 Å². The first-order valence-corrected chi connectivity index (χ1v) is 9.41. The van der Waals surface area contributed by atoms with Crippen molar-refractivity contribution in [1.29, 1.82) is 0 Å². The van der Waals surface area contributed by atoms with E-state index >= 15 is 0 Å². The molecule has 1 unspecified atom stereocenters. The number of nitrogens with one attached hydrogen (secondary N) is 1. The topological polar surface area (TPSA) is 64.3 Å². The summed E-state index contributed by atoms with van der Waals surface area (Å²) in [7, 11) is 1.63. The molecule has 1 fully saturated rings. The van der Waals surface area contributed by atoms with Crippen LogP contribution in [0.25, 0.3) is 0 Å². The van der Waals surface area contributed by atoms with E-state index in [0.717, 1.165) is 36.1 Å². The molecule has 1 amide bonds. The lowest BCUT2D eigenvalue weighted by molar-refractivity contribution is -0.126. The number of hydrogen-bond acceptors (Lipinski definition) is 3. The van der Waals surface area contributed by atoms with Crippen molar-refractivity contribution in [2.24, 2.45) is 17.6 Å². The van der Waals surface area contributed by atoms with Crippen LogP contribution in [0.2, 0.25) is 5.02 Å². The summed E-state index contributed by atoms with van der Waals surface area (Å²) in [6, 6.07) is 14.9. The van der Waals surface area contributed by atoms with Crippen LogP contribution < -0.4 is 15.8 Å². The van der Waals surface area contributed by atoms with Gasteiger partial charge in [0.25, 0.3) is 0 Å². The van der Waals surface area contributed by atoms with E-state index in [9.17, 15) is 4.79 Å². The minimum atomic E-state index is -0.369. The maximum absolute atomic E-state index is 13.0. The summed E-state index contributed by atoms with van der Waals surface area (Å²) in [5.41, 5.74) is 7.61. The van der Waals surface area contributed by atoms with Crippen LogP contribution in [0.5, 0.6) is 5.75 Å². The fourth-order valence-electron chi connectivity index (χ4n) is 3.85. The van der Waals surface area contributed by atoms with Gasteiger partial charge in [-0.25, -0.2) is 0 Å². The average Bonchev–Trinajstić information content (AvgIpc) is 3.15. The number of ether oxygens (including phenoxy) is 1. The molecule has 0 heterocycles.